The van der Waals surface area contributed by atoms with E-state index in [9.17, 15) is 9.59 Å². The summed E-state index contributed by atoms with van der Waals surface area (Å²) in [6.45, 7) is 8.26. The molecule has 0 fully saturated rings. The van der Waals surface area contributed by atoms with Crippen LogP contribution in [0.1, 0.15) is 27.2 Å². The molecule has 0 aromatic carbocycles. The van der Waals surface area contributed by atoms with Gasteiger partial charge in [-0.2, -0.15) is 0 Å². The fourth-order valence-electron chi connectivity index (χ4n) is 1.52. The van der Waals surface area contributed by atoms with Crippen LogP contribution in [0.15, 0.2) is 0 Å². The predicted octanol–water partition coefficient (Wildman–Crippen LogP) is 0.139. The molecule has 0 radical (unpaired) electrons. The van der Waals surface area contributed by atoms with Gasteiger partial charge in [0.1, 0.15) is 0 Å². The zero-order valence-electron chi connectivity index (χ0n) is 11.9. The Kier molecular flexibility index (Phi) is 7.35. The van der Waals surface area contributed by atoms with Crippen molar-refractivity contribution in [1.82, 2.24) is 15.5 Å². The maximum absolute atomic E-state index is 12.2. The molecule has 0 saturated carbocycles. The van der Waals surface area contributed by atoms with Gasteiger partial charge in [-0.1, -0.05) is 20.8 Å². The fourth-order valence-corrected chi connectivity index (χ4v) is 1.52. The molecule has 0 atom stereocenters. The lowest BCUT2D eigenvalue weighted by atomic mass is 9.94. The Balaban J connectivity index is 4.23. The molecule has 6 heteroatoms. The number of likely N-dealkylation sites (N-methyl/N-ethyl adjacent to an activating group) is 1. The Hall–Kier alpha value is -1.30. The Morgan fingerprint density at radius 2 is 1.78 bits per heavy atom. The molecule has 106 valence electrons. The van der Waals surface area contributed by atoms with Gasteiger partial charge in [-0.25, -0.2) is 4.79 Å². The van der Waals surface area contributed by atoms with E-state index in [1.165, 1.54) is 0 Å². The molecular weight excluding hydrogens is 232 g/mol. The summed E-state index contributed by atoms with van der Waals surface area (Å²) in [5.74, 6) is 0.122. The molecule has 0 aromatic heterocycles. The molecule has 0 aliphatic rings. The minimum atomic E-state index is -0.529. The van der Waals surface area contributed by atoms with Crippen molar-refractivity contribution in [1.29, 1.82) is 0 Å². The van der Waals surface area contributed by atoms with Gasteiger partial charge < -0.3 is 21.3 Å². The van der Waals surface area contributed by atoms with E-state index in [1.807, 2.05) is 32.7 Å². The molecule has 0 aliphatic heterocycles. The average molecular weight is 258 g/mol. The van der Waals surface area contributed by atoms with E-state index in [2.05, 4.69) is 10.6 Å². The lowest BCUT2D eigenvalue weighted by molar-refractivity contribution is -0.139. The van der Waals surface area contributed by atoms with Gasteiger partial charge in [0, 0.05) is 31.6 Å². The molecule has 0 saturated heterocycles. The molecule has 0 aliphatic carbocycles. The van der Waals surface area contributed by atoms with Crippen LogP contribution in [-0.2, 0) is 4.79 Å². The lowest BCUT2D eigenvalue weighted by Crippen LogP contribution is -2.44. The van der Waals surface area contributed by atoms with E-state index < -0.39 is 6.03 Å². The third-order valence-electron chi connectivity index (χ3n) is 2.46. The number of nitrogens with two attached hydrogens (primary N) is 1. The summed E-state index contributed by atoms with van der Waals surface area (Å²) in [7, 11) is 1.86. The number of rotatable bonds is 7. The van der Waals surface area contributed by atoms with Gasteiger partial charge in [0.15, 0.2) is 0 Å². The van der Waals surface area contributed by atoms with E-state index >= 15 is 0 Å². The van der Waals surface area contributed by atoms with Gasteiger partial charge in [-0.05, 0) is 13.5 Å². The van der Waals surface area contributed by atoms with Crippen molar-refractivity contribution in [3.8, 4) is 0 Å². The molecular formula is C12H26N4O2. The van der Waals surface area contributed by atoms with Crippen LogP contribution in [0.25, 0.3) is 0 Å². The van der Waals surface area contributed by atoms with E-state index in [0.717, 1.165) is 6.54 Å². The molecule has 0 unspecified atom stereocenters. The minimum absolute atomic E-state index is 0.122. The van der Waals surface area contributed by atoms with Gasteiger partial charge in [-0.3, -0.25) is 4.79 Å². The molecule has 0 heterocycles. The second-order valence-corrected chi connectivity index (χ2v) is 5.29. The smallest absolute Gasteiger partial charge is 0.312 e. The third-order valence-corrected chi connectivity index (χ3v) is 2.46. The SMILES string of the molecule is CNCCN(CCCNC(N)=O)C(=O)C(C)(C)C. The van der Waals surface area contributed by atoms with Gasteiger partial charge in [-0.15, -0.1) is 0 Å². The van der Waals surface area contributed by atoms with Gasteiger partial charge in [0.25, 0.3) is 0 Å². The number of urea groups is 1. The highest BCUT2D eigenvalue weighted by Gasteiger charge is 2.26. The van der Waals surface area contributed by atoms with Crippen molar-refractivity contribution in [3.63, 3.8) is 0 Å². The van der Waals surface area contributed by atoms with Crippen molar-refractivity contribution in [2.75, 3.05) is 33.2 Å². The summed E-state index contributed by atoms with van der Waals surface area (Å²) < 4.78 is 0. The van der Waals surface area contributed by atoms with Crippen molar-refractivity contribution in [2.45, 2.75) is 27.2 Å². The quantitative estimate of drug-likeness (QED) is 0.568. The number of hydrogen-bond acceptors (Lipinski definition) is 3. The number of amides is 3. The topological polar surface area (TPSA) is 87.5 Å². The number of primary amides is 1. The summed E-state index contributed by atoms with van der Waals surface area (Å²) in [5.41, 5.74) is 4.59. The third kappa shape index (κ3) is 7.11. The second kappa shape index (κ2) is 7.92. The standard InChI is InChI=1S/C12H26N4O2/c1-12(2,3)10(17)16(9-7-14-4)8-5-6-15-11(13)18/h14H,5-9H2,1-4H3,(H3,13,15,18). The Morgan fingerprint density at radius 3 is 2.22 bits per heavy atom. The van der Waals surface area contributed by atoms with E-state index in [1.54, 1.807) is 0 Å². The maximum atomic E-state index is 12.2. The Morgan fingerprint density at radius 1 is 1.17 bits per heavy atom. The van der Waals surface area contributed by atoms with Crippen LogP contribution in [0, 0.1) is 5.41 Å². The van der Waals surface area contributed by atoms with Crippen LogP contribution < -0.4 is 16.4 Å². The minimum Gasteiger partial charge on any atom is -0.352 e. The van der Waals surface area contributed by atoms with Crippen molar-refractivity contribution >= 4 is 11.9 Å². The van der Waals surface area contributed by atoms with Gasteiger partial charge in [0.05, 0.1) is 0 Å². The first kappa shape index (κ1) is 16.7. The molecule has 0 rings (SSSR count). The van der Waals surface area contributed by atoms with Crippen LogP contribution in [0.3, 0.4) is 0 Å². The van der Waals surface area contributed by atoms with E-state index in [0.29, 0.717) is 26.1 Å². The molecule has 0 spiro atoms. The molecule has 6 nitrogen and oxygen atoms in total. The van der Waals surface area contributed by atoms with Crippen LogP contribution in [0.2, 0.25) is 0 Å². The highest BCUT2D eigenvalue weighted by molar-refractivity contribution is 5.81. The summed E-state index contributed by atoms with van der Waals surface area (Å²) in [6.07, 6.45) is 0.703. The first-order chi connectivity index (χ1) is 8.29. The van der Waals surface area contributed by atoms with Crippen molar-refractivity contribution in [3.05, 3.63) is 0 Å². The molecule has 0 bridgehead atoms. The van der Waals surface area contributed by atoms with Crippen molar-refractivity contribution in [2.24, 2.45) is 11.1 Å². The summed E-state index contributed by atoms with van der Waals surface area (Å²) >= 11 is 0. The Labute approximate surface area is 109 Å². The number of hydrogen-bond donors (Lipinski definition) is 3. The fraction of sp³-hybridized carbons (Fsp3) is 0.833. The van der Waals surface area contributed by atoms with E-state index in [4.69, 9.17) is 5.73 Å². The largest absolute Gasteiger partial charge is 0.352 e. The summed E-state index contributed by atoms with van der Waals surface area (Å²) in [4.78, 5) is 24.5. The van der Waals surface area contributed by atoms with Crippen molar-refractivity contribution < 1.29 is 9.59 Å². The molecule has 4 N–H and O–H groups in total. The number of carbonyl (C=O) groups excluding carboxylic acids is 2. The van der Waals surface area contributed by atoms with Crippen LogP contribution >= 0.6 is 0 Å². The second-order valence-electron chi connectivity index (χ2n) is 5.29. The van der Waals surface area contributed by atoms with Crippen LogP contribution in [0.5, 0.6) is 0 Å². The lowest BCUT2D eigenvalue weighted by Gasteiger charge is -2.29. The van der Waals surface area contributed by atoms with Gasteiger partial charge >= 0.3 is 6.03 Å². The highest BCUT2D eigenvalue weighted by atomic mass is 16.2. The first-order valence-electron chi connectivity index (χ1n) is 6.26. The van der Waals surface area contributed by atoms with Gasteiger partial charge in [0.2, 0.25) is 5.91 Å². The molecule has 18 heavy (non-hydrogen) atoms. The van der Waals surface area contributed by atoms with Crippen LogP contribution in [-0.4, -0.2) is 50.1 Å². The predicted molar refractivity (Wildman–Crippen MR) is 72.2 cm³/mol. The zero-order chi connectivity index (χ0) is 14.2. The van der Waals surface area contributed by atoms with Crippen LogP contribution in [0.4, 0.5) is 4.79 Å². The highest BCUT2D eigenvalue weighted by Crippen LogP contribution is 2.17. The number of nitrogens with one attached hydrogen (secondary N) is 2. The normalized spacial score (nSPS) is 11.1. The van der Waals surface area contributed by atoms with E-state index in [-0.39, 0.29) is 11.3 Å². The number of carbonyl (C=O) groups is 2. The average Bonchev–Trinajstić information content (AvgIpc) is 2.25. The molecule has 3 amide bonds. The maximum Gasteiger partial charge on any atom is 0.312 e. The first-order valence-corrected chi connectivity index (χ1v) is 6.26. The number of nitrogens with zero attached hydrogens (tertiary/aromatic N) is 1. The summed E-state index contributed by atoms with van der Waals surface area (Å²) in [5, 5.41) is 5.55. The summed E-state index contributed by atoms with van der Waals surface area (Å²) in [6, 6.07) is -0.529. The zero-order valence-corrected chi connectivity index (χ0v) is 11.9. The molecule has 0 aromatic rings. The monoisotopic (exact) mass is 258 g/mol. The Bertz CT molecular complexity index is 274.